The van der Waals surface area contributed by atoms with Crippen LogP contribution in [0.2, 0.25) is 5.02 Å². The van der Waals surface area contributed by atoms with Gasteiger partial charge in [0.15, 0.2) is 0 Å². The number of benzene rings is 1. The first-order chi connectivity index (χ1) is 8.50. The summed E-state index contributed by atoms with van der Waals surface area (Å²) < 4.78 is 0. The predicted molar refractivity (Wildman–Crippen MR) is 66.4 cm³/mol. The minimum atomic E-state index is -1.06. The Labute approximate surface area is 109 Å². The molecular weight excluding hydrogens is 258 g/mol. The summed E-state index contributed by atoms with van der Waals surface area (Å²) in [5.41, 5.74) is 0.576. The molecule has 0 aromatic heterocycles. The first-order valence-corrected chi connectivity index (χ1v) is 5.91. The largest absolute Gasteiger partial charge is 0.480 e. The molecule has 2 rings (SSSR count). The molecule has 1 aromatic rings. The number of hydrogen-bond donors (Lipinski definition) is 2. The van der Waals surface area contributed by atoms with Crippen LogP contribution in [0.4, 0.5) is 5.69 Å². The zero-order valence-corrected chi connectivity index (χ0v) is 10.2. The Balaban J connectivity index is 2.40. The summed E-state index contributed by atoms with van der Waals surface area (Å²) in [6.45, 7) is 0.569. The molecule has 0 saturated carbocycles. The van der Waals surface area contributed by atoms with E-state index >= 15 is 0 Å². The maximum absolute atomic E-state index is 11.1. The van der Waals surface area contributed by atoms with Crippen LogP contribution in [-0.4, -0.2) is 34.7 Å². The molecule has 1 unspecified atom stereocenters. The summed E-state index contributed by atoms with van der Waals surface area (Å²) >= 11 is 6.02. The van der Waals surface area contributed by atoms with Crippen molar-refractivity contribution in [3.05, 3.63) is 28.8 Å². The average Bonchev–Trinajstić information content (AvgIpc) is 2.78. The van der Waals surface area contributed by atoms with E-state index in [-0.39, 0.29) is 5.56 Å². The van der Waals surface area contributed by atoms with Crippen molar-refractivity contribution in [1.82, 2.24) is 0 Å². The van der Waals surface area contributed by atoms with Gasteiger partial charge in [-0.3, -0.25) is 0 Å². The second-order valence-electron chi connectivity index (χ2n) is 4.16. The van der Waals surface area contributed by atoms with Crippen LogP contribution in [0, 0.1) is 0 Å². The van der Waals surface area contributed by atoms with Crippen LogP contribution in [0.3, 0.4) is 0 Å². The number of carbonyl (C=O) groups is 2. The number of aliphatic carboxylic acids is 1. The van der Waals surface area contributed by atoms with Crippen LogP contribution in [0.15, 0.2) is 18.2 Å². The third kappa shape index (κ3) is 2.26. The highest BCUT2D eigenvalue weighted by atomic mass is 35.5. The lowest BCUT2D eigenvalue weighted by molar-refractivity contribution is -0.138. The summed E-state index contributed by atoms with van der Waals surface area (Å²) in [5, 5.41) is 18.4. The number of halogens is 1. The van der Waals surface area contributed by atoms with E-state index in [1.165, 1.54) is 18.2 Å². The van der Waals surface area contributed by atoms with Gasteiger partial charge in [-0.1, -0.05) is 11.6 Å². The van der Waals surface area contributed by atoms with Gasteiger partial charge in [-0.15, -0.1) is 0 Å². The van der Waals surface area contributed by atoms with Crippen molar-refractivity contribution in [1.29, 1.82) is 0 Å². The smallest absolute Gasteiger partial charge is 0.335 e. The number of carboxylic acids is 2. The predicted octanol–water partition coefficient (Wildman–Crippen LogP) is 2.09. The molecule has 0 bridgehead atoms. The summed E-state index contributed by atoms with van der Waals surface area (Å²) in [4.78, 5) is 23.7. The van der Waals surface area contributed by atoms with Crippen LogP contribution in [0.5, 0.6) is 0 Å². The molecule has 1 aliphatic heterocycles. The third-order valence-electron chi connectivity index (χ3n) is 3.04. The third-order valence-corrected chi connectivity index (χ3v) is 3.36. The SMILES string of the molecule is O=C(O)c1ccc(Cl)c(N2CCCC2C(=O)O)c1. The van der Waals surface area contributed by atoms with Crippen LogP contribution in [0.1, 0.15) is 23.2 Å². The second kappa shape index (κ2) is 4.86. The van der Waals surface area contributed by atoms with Crippen molar-refractivity contribution < 1.29 is 19.8 Å². The molecule has 1 heterocycles. The van der Waals surface area contributed by atoms with E-state index in [1.54, 1.807) is 4.90 Å². The Hall–Kier alpha value is -1.75. The van der Waals surface area contributed by atoms with E-state index in [1.807, 2.05) is 0 Å². The van der Waals surface area contributed by atoms with Crippen molar-refractivity contribution in [2.24, 2.45) is 0 Å². The van der Waals surface area contributed by atoms with E-state index in [4.69, 9.17) is 21.8 Å². The van der Waals surface area contributed by atoms with Gasteiger partial charge in [-0.05, 0) is 31.0 Å². The molecule has 1 saturated heterocycles. The summed E-state index contributed by atoms with van der Waals surface area (Å²) in [7, 11) is 0. The number of nitrogens with zero attached hydrogens (tertiary/aromatic N) is 1. The van der Waals surface area contributed by atoms with Crippen molar-refractivity contribution >= 4 is 29.2 Å². The van der Waals surface area contributed by atoms with Gasteiger partial charge < -0.3 is 15.1 Å². The Morgan fingerprint density at radius 3 is 2.67 bits per heavy atom. The standard InChI is InChI=1S/C12H12ClNO4/c13-8-4-3-7(11(15)16)6-10(8)14-5-1-2-9(14)12(17)18/h3-4,6,9H,1-2,5H2,(H,15,16)(H,17,18). The van der Waals surface area contributed by atoms with Gasteiger partial charge in [0, 0.05) is 6.54 Å². The monoisotopic (exact) mass is 269 g/mol. The molecule has 0 amide bonds. The zero-order chi connectivity index (χ0) is 13.3. The molecular formula is C12H12ClNO4. The van der Waals surface area contributed by atoms with Gasteiger partial charge in [0.1, 0.15) is 6.04 Å². The highest BCUT2D eigenvalue weighted by molar-refractivity contribution is 6.33. The van der Waals surface area contributed by atoms with Crippen LogP contribution in [0.25, 0.3) is 0 Å². The van der Waals surface area contributed by atoms with Gasteiger partial charge in [0.05, 0.1) is 16.3 Å². The molecule has 1 fully saturated rings. The maximum atomic E-state index is 11.1. The molecule has 0 aliphatic carbocycles. The molecule has 5 nitrogen and oxygen atoms in total. The lowest BCUT2D eigenvalue weighted by Crippen LogP contribution is -2.36. The fraction of sp³-hybridized carbons (Fsp3) is 0.333. The lowest BCUT2D eigenvalue weighted by Gasteiger charge is -2.24. The number of anilines is 1. The number of hydrogen-bond acceptors (Lipinski definition) is 3. The van der Waals surface area contributed by atoms with Crippen molar-refractivity contribution in [2.75, 3.05) is 11.4 Å². The molecule has 1 aromatic carbocycles. The van der Waals surface area contributed by atoms with E-state index in [9.17, 15) is 9.59 Å². The summed E-state index contributed by atoms with van der Waals surface area (Å²) in [6.07, 6.45) is 1.30. The molecule has 0 spiro atoms. The van der Waals surface area contributed by atoms with Gasteiger partial charge >= 0.3 is 11.9 Å². The quantitative estimate of drug-likeness (QED) is 0.878. The highest BCUT2D eigenvalue weighted by Gasteiger charge is 2.32. The van der Waals surface area contributed by atoms with Crippen LogP contribution in [-0.2, 0) is 4.79 Å². The van der Waals surface area contributed by atoms with Crippen molar-refractivity contribution in [2.45, 2.75) is 18.9 Å². The lowest BCUT2D eigenvalue weighted by atomic mass is 10.1. The Morgan fingerprint density at radius 2 is 2.06 bits per heavy atom. The molecule has 6 heteroatoms. The Kier molecular flexibility index (Phi) is 3.43. The van der Waals surface area contributed by atoms with Crippen LogP contribution >= 0.6 is 11.6 Å². The molecule has 0 radical (unpaired) electrons. The Morgan fingerprint density at radius 1 is 1.33 bits per heavy atom. The second-order valence-corrected chi connectivity index (χ2v) is 4.57. The van der Waals surface area contributed by atoms with E-state index in [0.29, 0.717) is 23.7 Å². The van der Waals surface area contributed by atoms with E-state index in [2.05, 4.69) is 0 Å². The van der Waals surface area contributed by atoms with E-state index < -0.39 is 18.0 Å². The topological polar surface area (TPSA) is 77.8 Å². The number of carboxylic acid groups (broad SMARTS) is 2. The van der Waals surface area contributed by atoms with Gasteiger partial charge in [-0.25, -0.2) is 9.59 Å². The molecule has 18 heavy (non-hydrogen) atoms. The molecule has 1 atom stereocenters. The van der Waals surface area contributed by atoms with Gasteiger partial charge in [0.2, 0.25) is 0 Å². The minimum absolute atomic E-state index is 0.102. The van der Waals surface area contributed by atoms with Gasteiger partial charge in [-0.2, -0.15) is 0 Å². The number of rotatable bonds is 3. The molecule has 2 N–H and O–H groups in total. The molecule has 96 valence electrons. The van der Waals surface area contributed by atoms with Crippen molar-refractivity contribution in [3.8, 4) is 0 Å². The first-order valence-electron chi connectivity index (χ1n) is 5.53. The highest BCUT2D eigenvalue weighted by Crippen LogP contribution is 2.32. The van der Waals surface area contributed by atoms with Crippen molar-refractivity contribution in [3.63, 3.8) is 0 Å². The summed E-state index contributed by atoms with van der Waals surface area (Å²) in [5.74, 6) is -1.97. The first kappa shape index (κ1) is 12.7. The summed E-state index contributed by atoms with van der Waals surface area (Å²) in [6, 6.07) is 3.68. The fourth-order valence-electron chi connectivity index (χ4n) is 2.18. The Bertz CT molecular complexity index is 503. The normalized spacial score (nSPS) is 18.9. The van der Waals surface area contributed by atoms with Crippen LogP contribution < -0.4 is 4.90 Å². The maximum Gasteiger partial charge on any atom is 0.335 e. The zero-order valence-electron chi connectivity index (χ0n) is 9.47. The fourth-order valence-corrected chi connectivity index (χ4v) is 2.40. The molecule has 1 aliphatic rings. The van der Waals surface area contributed by atoms with E-state index in [0.717, 1.165) is 6.42 Å². The average molecular weight is 270 g/mol. The minimum Gasteiger partial charge on any atom is -0.480 e. The number of aromatic carboxylic acids is 1. The van der Waals surface area contributed by atoms with Gasteiger partial charge in [0.25, 0.3) is 0 Å².